The van der Waals surface area contributed by atoms with Gasteiger partial charge in [0.25, 0.3) is 0 Å². The summed E-state index contributed by atoms with van der Waals surface area (Å²) in [6.45, 7) is 0.945. The summed E-state index contributed by atoms with van der Waals surface area (Å²) in [5.41, 5.74) is 1.18. The first-order valence-electron chi connectivity index (χ1n) is 9.61. The predicted molar refractivity (Wildman–Crippen MR) is 101 cm³/mol. The van der Waals surface area contributed by atoms with Crippen LogP contribution in [0.25, 0.3) is 11.0 Å². The van der Waals surface area contributed by atoms with E-state index in [1.54, 1.807) is 16.8 Å². The van der Waals surface area contributed by atoms with Crippen molar-refractivity contribution in [1.82, 2.24) is 19.8 Å². The molecule has 1 aromatic carbocycles. The lowest BCUT2D eigenvalue weighted by Crippen LogP contribution is -2.57. The van der Waals surface area contributed by atoms with Gasteiger partial charge in [-0.1, -0.05) is 12.1 Å². The van der Waals surface area contributed by atoms with Crippen molar-refractivity contribution in [2.24, 2.45) is 5.92 Å². The molecule has 4 rings (SSSR count). The van der Waals surface area contributed by atoms with E-state index in [9.17, 15) is 19.5 Å². The maximum absolute atomic E-state index is 12.6. The number of hydrogen-bond acceptors (Lipinski definition) is 4. The summed E-state index contributed by atoms with van der Waals surface area (Å²) in [4.78, 5) is 47.5. The number of fused-ring (bicyclic) bond motifs is 1. The van der Waals surface area contributed by atoms with E-state index in [0.717, 1.165) is 16.9 Å². The molecule has 0 radical (unpaired) electrons. The van der Waals surface area contributed by atoms with Gasteiger partial charge in [-0.2, -0.15) is 0 Å². The summed E-state index contributed by atoms with van der Waals surface area (Å²) in [6, 6.07) is 7.75. The van der Waals surface area contributed by atoms with Gasteiger partial charge < -0.3 is 19.9 Å². The molecule has 28 heavy (non-hydrogen) atoms. The number of aryl methyl sites for hydroxylation is 1. The van der Waals surface area contributed by atoms with Gasteiger partial charge in [0.05, 0.1) is 22.5 Å². The zero-order chi connectivity index (χ0) is 19.9. The van der Waals surface area contributed by atoms with Crippen LogP contribution in [0.15, 0.2) is 24.3 Å². The van der Waals surface area contributed by atoms with E-state index in [1.807, 2.05) is 24.3 Å². The lowest BCUT2D eigenvalue weighted by atomic mass is 9.77. The van der Waals surface area contributed by atoms with Crippen LogP contribution in [0.5, 0.6) is 0 Å². The normalized spacial score (nSPS) is 21.6. The topological polar surface area (TPSA) is 107 Å². The minimum Gasteiger partial charge on any atom is -0.481 e. The van der Waals surface area contributed by atoms with Gasteiger partial charge in [0, 0.05) is 39.4 Å². The van der Waals surface area contributed by atoms with Crippen LogP contribution in [0.3, 0.4) is 0 Å². The van der Waals surface area contributed by atoms with Gasteiger partial charge in [0.2, 0.25) is 11.8 Å². The fourth-order valence-electron chi connectivity index (χ4n) is 4.64. The predicted octanol–water partition coefficient (Wildman–Crippen LogP) is 1.42. The zero-order valence-corrected chi connectivity index (χ0v) is 15.9. The van der Waals surface area contributed by atoms with Gasteiger partial charge in [0.1, 0.15) is 5.82 Å². The molecule has 0 bridgehead atoms. The third-order valence-corrected chi connectivity index (χ3v) is 6.36. The smallest absolute Gasteiger partial charge is 0.309 e. The first-order valence-corrected chi connectivity index (χ1v) is 9.61. The van der Waals surface area contributed by atoms with Crippen molar-refractivity contribution in [2.45, 2.75) is 37.6 Å². The minimum atomic E-state index is -0.928. The molecule has 2 fully saturated rings. The number of para-hydroxylation sites is 2. The van der Waals surface area contributed by atoms with Crippen molar-refractivity contribution in [3.63, 3.8) is 0 Å². The molecule has 1 spiro atoms. The largest absolute Gasteiger partial charge is 0.481 e. The summed E-state index contributed by atoms with van der Waals surface area (Å²) in [7, 11) is 1.68. The minimum absolute atomic E-state index is 0.0363. The van der Waals surface area contributed by atoms with E-state index in [4.69, 9.17) is 0 Å². The number of imidazole rings is 1. The van der Waals surface area contributed by atoms with Crippen LogP contribution in [-0.4, -0.2) is 68.3 Å². The molecule has 8 nitrogen and oxygen atoms in total. The number of hydrogen-bond donors (Lipinski definition) is 2. The number of carboxylic acid groups (broad SMARTS) is 1. The fraction of sp³-hybridized carbons (Fsp3) is 0.500. The van der Waals surface area contributed by atoms with E-state index < -0.39 is 17.4 Å². The number of amides is 2. The van der Waals surface area contributed by atoms with Crippen LogP contribution in [-0.2, 0) is 20.8 Å². The van der Waals surface area contributed by atoms with E-state index in [0.29, 0.717) is 38.8 Å². The molecule has 0 saturated carbocycles. The molecular weight excluding hydrogens is 360 g/mol. The number of aliphatic carboxylic acids is 1. The monoisotopic (exact) mass is 384 g/mol. The third kappa shape index (κ3) is 3.02. The Hall–Kier alpha value is -2.90. The molecule has 148 valence electrons. The van der Waals surface area contributed by atoms with Crippen LogP contribution in [0.2, 0.25) is 0 Å². The quantitative estimate of drug-likeness (QED) is 0.829. The molecule has 1 atom stereocenters. The van der Waals surface area contributed by atoms with E-state index in [2.05, 4.69) is 9.97 Å². The molecule has 2 aliphatic heterocycles. The number of carbonyl (C=O) groups excluding carboxylic acids is 2. The summed E-state index contributed by atoms with van der Waals surface area (Å²) in [5.74, 6) is -0.929. The molecule has 1 aromatic heterocycles. The summed E-state index contributed by atoms with van der Waals surface area (Å²) in [5, 5.41) is 9.54. The van der Waals surface area contributed by atoms with Gasteiger partial charge in [-0.25, -0.2) is 4.98 Å². The molecule has 2 aromatic rings. The Morgan fingerprint density at radius 1 is 1.29 bits per heavy atom. The summed E-state index contributed by atoms with van der Waals surface area (Å²) in [6.07, 6.45) is 1.94. The molecule has 2 amide bonds. The Kier molecular flexibility index (Phi) is 4.56. The van der Waals surface area contributed by atoms with Crippen molar-refractivity contribution >= 4 is 28.8 Å². The van der Waals surface area contributed by atoms with Crippen LogP contribution in [0.4, 0.5) is 0 Å². The molecule has 0 aliphatic carbocycles. The third-order valence-electron chi connectivity index (χ3n) is 6.36. The second-order valence-electron chi connectivity index (χ2n) is 7.73. The number of likely N-dealkylation sites (tertiary alicyclic amines) is 2. The van der Waals surface area contributed by atoms with Gasteiger partial charge in [-0.15, -0.1) is 0 Å². The number of aromatic amines is 1. The van der Waals surface area contributed by atoms with Gasteiger partial charge in [-0.3, -0.25) is 14.4 Å². The molecular formula is C20H24N4O4. The standard InChI is InChI=1S/C20H24N4O4/c1-23-18(26)12-13(19(27)28)20(23)8-10-24(11-9-20)17(25)7-6-16-21-14-4-2-3-5-15(14)22-16/h2-5,13H,6-12H2,1H3,(H,21,22)(H,27,28). The number of carbonyl (C=O) groups is 3. The number of nitrogens with zero attached hydrogens (tertiary/aromatic N) is 3. The number of aromatic nitrogens is 2. The molecule has 3 heterocycles. The van der Waals surface area contributed by atoms with E-state index in [-0.39, 0.29) is 18.2 Å². The Balaban J connectivity index is 1.37. The number of piperidine rings is 1. The van der Waals surface area contributed by atoms with Crippen molar-refractivity contribution in [2.75, 3.05) is 20.1 Å². The highest BCUT2D eigenvalue weighted by Gasteiger charge is 2.55. The van der Waals surface area contributed by atoms with Crippen molar-refractivity contribution in [3.05, 3.63) is 30.1 Å². The average molecular weight is 384 g/mol. The SMILES string of the molecule is CN1C(=O)CC(C(=O)O)C12CCN(C(=O)CCc1nc3ccccc3[nH]1)CC2. The van der Waals surface area contributed by atoms with Crippen molar-refractivity contribution < 1.29 is 19.5 Å². The second-order valence-corrected chi connectivity index (χ2v) is 7.73. The highest BCUT2D eigenvalue weighted by Crippen LogP contribution is 2.42. The average Bonchev–Trinajstić information content (AvgIpc) is 3.21. The lowest BCUT2D eigenvalue weighted by molar-refractivity contribution is -0.147. The second kappa shape index (κ2) is 6.92. The Labute approximate surface area is 162 Å². The van der Waals surface area contributed by atoms with E-state index >= 15 is 0 Å². The van der Waals surface area contributed by atoms with Crippen LogP contribution < -0.4 is 0 Å². The fourth-order valence-corrected chi connectivity index (χ4v) is 4.64. The maximum Gasteiger partial charge on any atom is 0.309 e. The summed E-state index contributed by atoms with van der Waals surface area (Å²) < 4.78 is 0. The van der Waals surface area contributed by atoms with Crippen LogP contribution in [0.1, 0.15) is 31.5 Å². The first-order chi connectivity index (χ1) is 13.4. The maximum atomic E-state index is 12.6. The Morgan fingerprint density at radius 2 is 2.00 bits per heavy atom. The van der Waals surface area contributed by atoms with Gasteiger partial charge >= 0.3 is 5.97 Å². The Morgan fingerprint density at radius 3 is 2.68 bits per heavy atom. The number of benzene rings is 1. The molecule has 1 unspecified atom stereocenters. The molecule has 8 heteroatoms. The van der Waals surface area contributed by atoms with Crippen LogP contribution in [0, 0.1) is 5.92 Å². The highest BCUT2D eigenvalue weighted by atomic mass is 16.4. The van der Waals surface area contributed by atoms with Gasteiger partial charge in [-0.05, 0) is 25.0 Å². The number of H-pyrrole nitrogens is 1. The highest BCUT2D eigenvalue weighted by molar-refractivity contribution is 5.88. The van der Waals surface area contributed by atoms with Gasteiger partial charge in [0.15, 0.2) is 0 Å². The number of nitrogens with one attached hydrogen (secondary N) is 1. The molecule has 2 saturated heterocycles. The zero-order valence-electron chi connectivity index (χ0n) is 15.9. The van der Waals surface area contributed by atoms with E-state index in [1.165, 1.54) is 0 Å². The van der Waals surface area contributed by atoms with Crippen LogP contribution >= 0.6 is 0 Å². The molecule has 2 N–H and O–H groups in total. The lowest BCUT2D eigenvalue weighted by Gasteiger charge is -2.45. The van der Waals surface area contributed by atoms with Crippen molar-refractivity contribution in [1.29, 1.82) is 0 Å². The number of rotatable bonds is 4. The first kappa shape index (κ1) is 18.5. The number of carboxylic acids is 1. The van der Waals surface area contributed by atoms with Crippen molar-refractivity contribution in [3.8, 4) is 0 Å². The summed E-state index contributed by atoms with van der Waals surface area (Å²) >= 11 is 0. The molecule has 2 aliphatic rings. The Bertz CT molecular complexity index is 896.